The van der Waals surface area contributed by atoms with Crippen LogP contribution in [0.3, 0.4) is 0 Å². The molecule has 0 amide bonds. The highest BCUT2D eigenvalue weighted by molar-refractivity contribution is 5.80. The Morgan fingerprint density at radius 1 is 0.841 bits per heavy atom. The summed E-state index contributed by atoms with van der Waals surface area (Å²) >= 11 is 0. The van der Waals surface area contributed by atoms with Crippen LogP contribution in [0.5, 0.6) is 0 Å². The van der Waals surface area contributed by atoms with Gasteiger partial charge in [-0.25, -0.2) is 14.3 Å². The largest absolute Gasteiger partial charge is 0.337 e. The Morgan fingerprint density at radius 2 is 1.57 bits per heavy atom. The fourth-order valence-corrected chi connectivity index (χ4v) is 6.49. The molecule has 222 valence electrons. The third-order valence-electron chi connectivity index (χ3n) is 8.61. The van der Waals surface area contributed by atoms with Crippen molar-refractivity contribution in [3.63, 3.8) is 0 Å². The molecule has 1 aliphatic rings. The molecular formula is C34H34N8O2. The molecule has 0 spiro atoms. The van der Waals surface area contributed by atoms with E-state index < -0.39 is 0 Å². The van der Waals surface area contributed by atoms with Crippen LogP contribution in [0.2, 0.25) is 0 Å². The van der Waals surface area contributed by atoms with Crippen LogP contribution in [0, 0.1) is 0 Å². The molecule has 3 aromatic heterocycles. The molecule has 1 fully saturated rings. The van der Waals surface area contributed by atoms with Gasteiger partial charge in [0.05, 0.1) is 5.69 Å². The van der Waals surface area contributed by atoms with Crippen LogP contribution in [-0.4, -0.2) is 39.3 Å². The summed E-state index contributed by atoms with van der Waals surface area (Å²) < 4.78 is 5.07. The molecule has 0 radical (unpaired) electrons. The number of hydrogen-bond donors (Lipinski definition) is 1. The third kappa shape index (κ3) is 4.96. The van der Waals surface area contributed by atoms with Gasteiger partial charge in [0.2, 0.25) is 5.82 Å². The lowest BCUT2D eigenvalue weighted by molar-refractivity contribution is 0.420. The second kappa shape index (κ2) is 11.9. The standard InChI is InChI=1S/C34H34N8O2/c1-2-21-40-33(43)29-32(42(34(40)44)26-13-7-4-8-14-26)35-31(25-11-5-3-6-12-25)41(29)22-23-17-19-24(20-18-23)27-15-9-10-16-28(27)30-36-38-39-37-30/h4,7-10,13-20,25H,2-3,5-6,11-12,21-22H2,1H3,(H,36,37,38,39). The van der Waals surface area contributed by atoms with Crippen molar-refractivity contribution >= 4 is 11.2 Å². The number of nitrogens with zero attached hydrogens (tertiary/aromatic N) is 7. The average Bonchev–Trinajstić information content (AvgIpc) is 3.74. The number of benzene rings is 3. The van der Waals surface area contributed by atoms with Crippen LogP contribution in [0.4, 0.5) is 0 Å². The third-order valence-corrected chi connectivity index (χ3v) is 8.61. The first kappa shape index (κ1) is 27.7. The molecule has 0 bridgehead atoms. The van der Waals surface area contributed by atoms with Crippen LogP contribution < -0.4 is 11.2 Å². The quantitative estimate of drug-likeness (QED) is 0.245. The molecule has 0 unspecified atom stereocenters. The van der Waals surface area contributed by atoms with Gasteiger partial charge >= 0.3 is 5.69 Å². The maximum atomic E-state index is 14.1. The lowest BCUT2D eigenvalue weighted by Gasteiger charge is -2.22. The van der Waals surface area contributed by atoms with Crippen molar-refractivity contribution in [3.8, 4) is 28.2 Å². The van der Waals surface area contributed by atoms with Crippen molar-refractivity contribution in [2.24, 2.45) is 0 Å². The van der Waals surface area contributed by atoms with E-state index in [4.69, 9.17) is 4.98 Å². The van der Waals surface area contributed by atoms with E-state index in [-0.39, 0.29) is 17.2 Å². The highest BCUT2D eigenvalue weighted by atomic mass is 16.2. The molecule has 6 aromatic rings. The van der Waals surface area contributed by atoms with Gasteiger partial charge in [-0.1, -0.05) is 92.9 Å². The number of nitrogens with one attached hydrogen (secondary N) is 1. The minimum atomic E-state index is -0.347. The minimum absolute atomic E-state index is 0.232. The summed E-state index contributed by atoms with van der Waals surface area (Å²) in [5, 5.41) is 14.6. The first-order valence-electron chi connectivity index (χ1n) is 15.4. The molecule has 10 nitrogen and oxygen atoms in total. The normalized spacial score (nSPS) is 13.9. The van der Waals surface area contributed by atoms with Crippen LogP contribution in [-0.2, 0) is 13.1 Å². The fraction of sp³-hybridized carbons (Fsp3) is 0.294. The smallest absolute Gasteiger partial charge is 0.317 e. The van der Waals surface area contributed by atoms with E-state index in [1.165, 1.54) is 11.0 Å². The van der Waals surface area contributed by atoms with Gasteiger partial charge in [-0.3, -0.25) is 9.36 Å². The second-order valence-electron chi connectivity index (χ2n) is 11.5. The highest BCUT2D eigenvalue weighted by Gasteiger charge is 2.27. The molecule has 0 atom stereocenters. The predicted octanol–water partition coefficient (Wildman–Crippen LogP) is 5.70. The topological polar surface area (TPSA) is 116 Å². The minimum Gasteiger partial charge on any atom is -0.317 e. The molecule has 0 aliphatic heterocycles. The van der Waals surface area contributed by atoms with Gasteiger partial charge in [-0.2, -0.15) is 5.21 Å². The Labute approximate surface area is 254 Å². The maximum Gasteiger partial charge on any atom is 0.337 e. The van der Waals surface area contributed by atoms with Gasteiger partial charge < -0.3 is 4.57 Å². The Balaban J connectivity index is 1.37. The number of para-hydroxylation sites is 1. The van der Waals surface area contributed by atoms with Crippen molar-refractivity contribution in [1.29, 1.82) is 0 Å². The van der Waals surface area contributed by atoms with E-state index in [0.717, 1.165) is 53.8 Å². The fourth-order valence-electron chi connectivity index (χ4n) is 6.49. The van der Waals surface area contributed by atoms with Crippen molar-refractivity contribution < 1.29 is 0 Å². The summed E-state index contributed by atoms with van der Waals surface area (Å²) in [5.41, 5.74) is 4.96. The zero-order valence-electron chi connectivity index (χ0n) is 24.7. The number of rotatable bonds is 8. The summed E-state index contributed by atoms with van der Waals surface area (Å²) in [6, 6.07) is 25.9. The molecule has 0 saturated heterocycles. The Morgan fingerprint density at radius 3 is 2.27 bits per heavy atom. The SMILES string of the molecule is CCCn1c(=O)c2c(nc(C3CCCCC3)n2Cc2ccc(-c3ccccc3-c3nn[nH]n3)cc2)n(-c2ccccc2)c1=O. The monoisotopic (exact) mass is 586 g/mol. The Hall–Kier alpha value is -5.12. The highest BCUT2D eigenvalue weighted by Crippen LogP contribution is 2.35. The number of imidazole rings is 1. The van der Waals surface area contributed by atoms with Gasteiger partial charge in [0.15, 0.2) is 11.2 Å². The number of aromatic amines is 1. The maximum absolute atomic E-state index is 14.1. The molecule has 1 saturated carbocycles. The zero-order valence-corrected chi connectivity index (χ0v) is 24.7. The molecule has 10 heteroatoms. The van der Waals surface area contributed by atoms with Gasteiger partial charge in [0.1, 0.15) is 5.82 Å². The number of tetrazole rings is 1. The number of hydrogen-bond acceptors (Lipinski definition) is 6. The van der Waals surface area contributed by atoms with E-state index in [2.05, 4.69) is 49.5 Å². The first-order valence-corrected chi connectivity index (χ1v) is 15.4. The van der Waals surface area contributed by atoms with E-state index >= 15 is 0 Å². The van der Waals surface area contributed by atoms with E-state index in [1.54, 1.807) is 4.57 Å². The summed E-state index contributed by atoms with van der Waals surface area (Å²) in [7, 11) is 0. The Kier molecular flexibility index (Phi) is 7.47. The molecule has 44 heavy (non-hydrogen) atoms. The van der Waals surface area contributed by atoms with Crippen LogP contribution >= 0.6 is 0 Å². The number of fused-ring (bicyclic) bond motifs is 1. The van der Waals surface area contributed by atoms with E-state index in [9.17, 15) is 9.59 Å². The second-order valence-corrected chi connectivity index (χ2v) is 11.5. The van der Waals surface area contributed by atoms with E-state index in [0.29, 0.717) is 42.2 Å². The molecule has 1 aliphatic carbocycles. The molecule has 3 heterocycles. The molecule has 3 aromatic carbocycles. The van der Waals surface area contributed by atoms with Crippen LogP contribution in [0.15, 0.2) is 88.5 Å². The van der Waals surface area contributed by atoms with Crippen molar-refractivity contribution in [2.75, 3.05) is 0 Å². The number of H-pyrrole nitrogens is 1. The van der Waals surface area contributed by atoms with Crippen LogP contribution in [0.25, 0.3) is 39.4 Å². The first-order chi connectivity index (χ1) is 21.6. The summed E-state index contributed by atoms with van der Waals surface area (Å²) in [5.74, 6) is 1.66. The van der Waals surface area contributed by atoms with E-state index in [1.807, 2.05) is 61.5 Å². The van der Waals surface area contributed by atoms with Crippen molar-refractivity contribution in [2.45, 2.75) is 64.5 Å². The molecule has 1 N–H and O–H groups in total. The summed E-state index contributed by atoms with van der Waals surface area (Å²) in [6.45, 7) is 2.80. The summed E-state index contributed by atoms with van der Waals surface area (Å²) in [6.07, 6.45) is 6.19. The predicted molar refractivity (Wildman–Crippen MR) is 170 cm³/mol. The zero-order chi connectivity index (χ0) is 30.0. The van der Waals surface area contributed by atoms with Crippen molar-refractivity contribution in [1.82, 2.24) is 39.3 Å². The average molecular weight is 587 g/mol. The number of aromatic nitrogens is 8. The van der Waals surface area contributed by atoms with Gasteiger partial charge in [-0.15, -0.1) is 10.2 Å². The lowest BCUT2D eigenvalue weighted by Crippen LogP contribution is -2.40. The molecule has 7 rings (SSSR count). The lowest BCUT2D eigenvalue weighted by atomic mass is 9.88. The Bertz CT molecular complexity index is 2020. The van der Waals surface area contributed by atoms with Crippen molar-refractivity contribution in [3.05, 3.63) is 111 Å². The van der Waals surface area contributed by atoms with Gasteiger partial charge in [-0.05, 0) is 53.3 Å². The summed E-state index contributed by atoms with van der Waals surface area (Å²) in [4.78, 5) is 33.0. The van der Waals surface area contributed by atoms with Crippen LogP contribution in [0.1, 0.15) is 62.8 Å². The molecular weight excluding hydrogens is 552 g/mol. The van der Waals surface area contributed by atoms with Gasteiger partial charge in [0, 0.05) is 24.6 Å². The van der Waals surface area contributed by atoms with Gasteiger partial charge in [0.25, 0.3) is 5.56 Å².